The number of rotatable bonds is 9. The first-order chi connectivity index (χ1) is 22.1. The molecule has 0 atom stereocenters. The van der Waals surface area contributed by atoms with Crippen LogP contribution in [0.25, 0.3) is 11.3 Å². The molecule has 0 N–H and O–H groups in total. The molecule has 4 aromatic rings. The van der Waals surface area contributed by atoms with Crippen molar-refractivity contribution in [2.24, 2.45) is 4.99 Å². The number of piperazine rings is 1. The number of fused-ring (bicyclic) bond motifs is 1. The van der Waals surface area contributed by atoms with E-state index < -0.39 is 35.6 Å². The van der Waals surface area contributed by atoms with Gasteiger partial charge >= 0.3 is 6.18 Å². The minimum absolute atomic E-state index is 0.0791. The number of alkyl halides is 3. The van der Waals surface area contributed by atoms with Gasteiger partial charge in [0.05, 0.1) is 17.0 Å². The molecule has 0 aliphatic carbocycles. The molecule has 0 amide bonds. The van der Waals surface area contributed by atoms with Crippen molar-refractivity contribution in [3.05, 3.63) is 106 Å². The van der Waals surface area contributed by atoms with Crippen LogP contribution in [0.4, 0.5) is 27.6 Å². The molecule has 0 spiro atoms. The van der Waals surface area contributed by atoms with Crippen molar-refractivity contribution in [1.29, 1.82) is 0 Å². The van der Waals surface area contributed by atoms with Gasteiger partial charge in [-0.1, -0.05) is 25.1 Å². The Balaban J connectivity index is 1.24. The van der Waals surface area contributed by atoms with E-state index in [0.717, 1.165) is 43.5 Å². The largest absolute Gasteiger partial charge is 0.416 e. The molecule has 238 valence electrons. The van der Waals surface area contributed by atoms with Crippen LogP contribution in [0.1, 0.15) is 50.9 Å². The second-order valence-corrected chi connectivity index (χ2v) is 11.4. The third kappa shape index (κ3) is 6.59. The van der Waals surface area contributed by atoms with Crippen molar-refractivity contribution in [3.8, 4) is 11.3 Å². The Morgan fingerprint density at radius 1 is 0.935 bits per heavy atom. The maximum absolute atomic E-state index is 15.8. The molecule has 7 nitrogen and oxygen atoms in total. The first-order valence-electron chi connectivity index (χ1n) is 15.1. The number of ketones is 1. The number of carbonyl (C=O) groups excluding carboxylic acids is 1. The van der Waals surface area contributed by atoms with Crippen molar-refractivity contribution < 1.29 is 26.7 Å². The number of pyridine rings is 1. The van der Waals surface area contributed by atoms with Gasteiger partial charge in [0.25, 0.3) is 0 Å². The Morgan fingerprint density at radius 2 is 1.70 bits per heavy atom. The van der Waals surface area contributed by atoms with Gasteiger partial charge < -0.3 is 4.90 Å². The Hall–Kier alpha value is -4.42. The van der Waals surface area contributed by atoms with Crippen LogP contribution >= 0.6 is 0 Å². The van der Waals surface area contributed by atoms with Crippen LogP contribution in [0.3, 0.4) is 0 Å². The van der Waals surface area contributed by atoms with E-state index in [1.165, 1.54) is 24.7 Å². The Morgan fingerprint density at radius 3 is 2.46 bits per heavy atom. The summed E-state index contributed by atoms with van der Waals surface area (Å²) < 4.78 is 73.3. The first-order valence-corrected chi connectivity index (χ1v) is 15.1. The number of halogens is 5. The second kappa shape index (κ2) is 13.1. The third-order valence-electron chi connectivity index (χ3n) is 8.55. The van der Waals surface area contributed by atoms with E-state index in [1.807, 2.05) is 11.8 Å². The number of hydrogen-bond donors (Lipinski definition) is 0. The monoisotopic (exact) mass is 634 g/mol. The molecule has 2 aliphatic heterocycles. The topological polar surface area (TPSA) is 74.6 Å². The van der Waals surface area contributed by atoms with E-state index in [1.54, 1.807) is 18.3 Å². The predicted octanol–water partition coefficient (Wildman–Crippen LogP) is 6.25. The van der Waals surface area contributed by atoms with Crippen LogP contribution in [0.5, 0.6) is 0 Å². The molecule has 6 rings (SSSR count). The standard InChI is InChI=1S/C34H31F5N6O/c1-2-44-12-14-45(15-13-44)19-23-6-5-21(16-26(23)34(37,38)39)30(46)17-22-7-8-27(35)25(31(22)36)18-29-24(4-3-10-40-29)32-33-28(9-11-41-33)42-20-43-32/h3-8,10-11,16,20H,2,9,12-15,17-19H2,1H3. The van der Waals surface area contributed by atoms with Gasteiger partial charge in [0.1, 0.15) is 29.3 Å². The number of Topliss-reactive ketones (excluding diaryl/α,β-unsaturated/α-hetero) is 1. The van der Waals surface area contributed by atoms with Crippen molar-refractivity contribution in [2.75, 3.05) is 32.7 Å². The summed E-state index contributed by atoms with van der Waals surface area (Å²) in [5.74, 6) is -2.49. The number of likely N-dealkylation sites (N-methyl/N-ethyl adjacent to an activating group) is 1. The van der Waals surface area contributed by atoms with Crippen LogP contribution in [-0.4, -0.2) is 69.5 Å². The highest BCUT2D eigenvalue weighted by molar-refractivity contribution is 5.97. The minimum atomic E-state index is -4.68. The van der Waals surface area contributed by atoms with Crippen LogP contribution in [-0.2, 0) is 32.0 Å². The molecule has 2 aromatic heterocycles. The minimum Gasteiger partial charge on any atom is -0.301 e. The third-order valence-corrected chi connectivity index (χ3v) is 8.55. The smallest absolute Gasteiger partial charge is 0.301 e. The van der Waals surface area contributed by atoms with E-state index in [0.29, 0.717) is 42.1 Å². The van der Waals surface area contributed by atoms with Gasteiger partial charge in [-0.15, -0.1) is 0 Å². The van der Waals surface area contributed by atoms with Crippen molar-refractivity contribution in [1.82, 2.24) is 24.8 Å². The van der Waals surface area contributed by atoms with Crippen molar-refractivity contribution in [2.45, 2.75) is 38.9 Å². The lowest BCUT2D eigenvalue weighted by Gasteiger charge is -2.34. The molecule has 2 aromatic carbocycles. The van der Waals surface area contributed by atoms with Gasteiger partial charge in [-0.05, 0) is 41.9 Å². The van der Waals surface area contributed by atoms with E-state index in [9.17, 15) is 18.0 Å². The van der Waals surface area contributed by atoms with Gasteiger partial charge in [-0.3, -0.25) is 19.7 Å². The average molecular weight is 635 g/mol. The second-order valence-electron chi connectivity index (χ2n) is 11.4. The summed E-state index contributed by atoms with van der Waals surface area (Å²) in [5, 5.41) is 0. The molecule has 1 saturated heterocycles. The Labute approximate surface area is 262 Å². The molecule has 46 heavy (non-hydrogen) atoms. The van der Waals surface area contributed by atoms with Crippen LogP contribution < -0.4 is 0 Å². The average Bonchev–Trinajstić information content (AvgIpc) is 3.54. The lowest BCUT2D eigenvalue weighted by Crippen LogP contribution is -2.45. The summed E-state index contributed by atoms with van der Waals surface area (Å²) in [6.07, 6.45) is -0.324. The molecule has 0 radical (unpaired) electrons. The summed E-state index contributed by atoms with van der Waals surface area (Å²) in [5.41, 5.74) is 1.22. The molecule has 0 unspecified atom stereocenters. The first kappa shape index (κ1) is 31.6. The summed E-state index contributed by atoms with van der Waals surface area (Å²) in [6.45, 7) is 5.89. The summed E-state index contributed by atoms with van der Waals surface area (Å²) >= 11 is 0. The molecule has 12 heteroatoms. The van der Waals surface area contributed by atoms with Gasteiger partial charge in [0, 0.05) is 81.1 Å². The Bertz CT molecular complexity index is 1800. The number of nitrogens with zero attached hydrogens (tertiary/aromatic N) is 6. The molecule has 0 saturated carbocycles. The highest BCUT2D eigenvalue weighted by atomic mass is 19.4. The van der Waals surface area contributed by atoms with Gasteiger partial charge in [-0.25, -0.2) is 18.7 Å². The highest BCUT2D eigenvalue weighted by Gasteiger charge is 2.35. The van der Waals surface area contributed by atoms with Gasteiger partial charge in [0.2, 0.25) is 0 Å². The number of carbonyl (C=O) groups is 1. The quantitative estimate of drug-likeness (QED) is 0.160. The Kier molecular flexibility index (Phi) is 9.01. The van der Waals surface area contributed by atoms with Crippen molar-refractivity contribution in [3.63, 3.8) is 0 Å². The SMILES string of the molecule is CCN1CCN(Cc2ccc(C(=O)Cc3ccc(F)c(Cc4ncccc4-c4ncnc5c4N=CC5)c3F)cc2C(F)(F)F)CC1. The van der Waals surface area contributed by atoms with E-state index >= 15 is 8.78 Å². The fourth-order valence-electron chi connectivity index (χ4n) is 5.96. The maximum atomic E-state index is 15.8. The zero-order chi connectivity index (χ0) is 32.4. The molecular weight excluding hydrogens is 603 g/mol. The molecule has 4 heterocycles. The normalized spacial score (nSPS) is 15.3. The predicted molar refractivity (Wildman–Crippen MR) is 163 cm³/mol. The molecule has 0 bridgehead atoms. The maximum Gasteiger partial charge on any atom is 0.416 e. The number of aliphatic imine (C=N–C) groups is 1. The zero-order valence-electron chi connectivity index (χ0n) is 25.1. The van der Waals surface area contributed by atoms with Gasteiger partial charge in [-0.2, -0.15) is 13.2 Å². The van der Waals surface area contributed by atoms with Crippen molar-refractivity contribution >= 4 is 17.7 Å². The van der Waals surface area contributed by atoms with Crippen LogP contribution in [0.2, 0.25) is 0 Å². The van der Waals surface area contributed by atoms with Crippen LogP contribution in [0.15, 0.2) is 60.0 Å². The fourth-order valence-corrected chi connectivity index (χ4v) is 5.96. The molecular formula is C34H31F5N6O. The summed E-state index contributed by atoms with van der Waals surface area (Å²) in [7, 11) is 0. The summed E-state index contributed by atoms with van der Waals surface area (Å²) in [6, 6.07) is 9.12. The number of hydrogen-bond acceptors (Lipinski definition) is 7. The highest BCUT2D eigenvalue weighted by Crippen LogP contribution is 2.36. The fraction of sp³-hybridized carbons (Fsp3) is 0.324. The number of aromatic nitrogens is 3. The van der Waals surface area contributed by atoms with Gasteiger partial charge in [0.15, 0.2) is 5.78 Å². The summed E-state index contributed by atoms with van der Waals surface area (Å²) in [4.78, 5) is 34.7. The molecule has 1 fully saturated rings. The van der Waals surface area contributed by atoms with E-state index in [2.05, 4.69) is 24.8 Å². The zero-order valence-corrected chi connectivity index (χ0v) is 25.1. The van der Waals surface area contributed by atoms with E-state index in [4.69, 9.17) is 0 Å². The lowest BCUT2D eigenvalue weighted by atomic mass is 9.95. The number of benzene rings is 2. The molecule has 2 aliphatic rings. The lowest BCUT2D eigenvalue weighted by molar-refractivity contribution is -0.138. The van der Waals surface area contributed by atoms with Crippen LogP contribution in [0, 0.1) is 11.6 Å². The van der Waals surface area contributed by atoms with E-state index in [-0.39, 0.29) is 35.2 Å².